The summed E-state index contributed by atoms with van der Waals surface area (Å²) in [5.41, 5.74) is -0.324. The molecule has 6 heteroatoms. The smallest absolute Gasteiger partial charge is 0.230 e. The zero-order valence-electron chi connectivity index (χ0n) is 10.5. The third-order valence-corrected chi connectivity index (χ3v) is 3.79. The fourth-order valence-electron chi connectivity index (χ4n) is 1.31. The molecular formula is C11H18N2O2S2. The fourth-order valence-corrected chi connectivity index (χ4v) is 2.99. The normalized spacial score (nSPS) is 13.9. The Morgan fingerprint density at radius 2 is 2.18 bits per heavy atom. The molecule has 1 unspecified atom stereocenters. The van der Waals surface area contributed by atoms with Crippen molar-refractivity contribution in [2.24, 2.45) is 16.5 Å². The van der Waals surface area contributed by atoms with E-state index in [-0.39, 0.29) is 11.3 Å². The lowest BCUT2D eigenvalue weighted by Gasteiger charge is -2.28. The van der Waals surface area contributed by atoms with Gasteiger partial charge in [0, 0.05) is 7.05 Å². The summed E-state index contributed by atoms with van der Waals surface area (Å²) in [5, 5.41) is 18.2. The van der Waals surface area contributed by atoms with E-state index in [4.69, 9.17) is 11.6 Å². The van der Waals surface area contributed by atoms with Crippen molar-refractivity contribution >= 4 is 34.5 Å². The van der Waals surface area contributed by atoms with Gasteiger partial charge in [-0.25, -0.2) is 0 Å². The first-order valence-electron chi connectivity index (χ1n) is 5.02. The topological polar surface area (TPSA) is 61.7 Å². The number of terminal acetylenes is 1. The quantitative estimate of drug-likeness (QED) is 0.157. The molecule has 2 N–H and O–H groups in total. The van der Waals surface area contributed by atoms with E-state index in [2.05, 4.69) is 15.7 Å². The van der Waals surface area contributed by atoms with Gasteiger partial charge in [-0.1, -0.05) is 49.5 Å². The highest BCUT2D eigenvalue weighted by molar-refractivity contribution is 8.25. The number of carbonyl (C=O) groups is 1. The van der Waals surface area contributed by atoms with Crippen LogP contribution in [0.5, 0.6) is 0 Å². The molecule has 0 aromatic heterocycles. The van der Waals surface area contributed by atoms with Crippen LogP contribution in [-0.2, 0) is 4.79 Å². The lowest BCUT2D eigenvalue weighted by molar-refractivity contribution is -0.124. The van der Waals surface area contributed by atoms with Crippen LogP contribution in [0.4, 0.5) is 0 Å². The lowest BCUT2D eigenvalue weighted by atomic mass is 9.81. The van der Waals surface area contributed by atoms with Crippen molar-refractivity contribution in [2.45, 2.75) is 20.8 Å². The molecule has 1 amide bonds. The summed E-state index contributed by atoms with van der Waals surface area (Å²) in [6, 6.07) is 0. The van der Waals surface area contributed by atoms with Gasteiger partial charge in [0.25, 0.3) is 0 Å². The summed E-state index contributed by atoms with van der Waals surface area (Å²) in [5.74, 6) is -0.649. The first-order chi connectivity index (χ1) is 7.88. The van der Waals surface area contributed by atoms with Gasteiger partial charge in [-0.05, 0) is 10.7 Å². The molecule has 0 aromatic carbocycles. The van der Waals surface area contributed by atoms with Crippen molar-refractivity contribution in [3.8, 4) is 11.7 Å². The minimum absolute atomic E-state index is 0.163. The third kappa shape index (κ3) is 5.37. The minimum Gasteiger partial charge on any atom is -0.410 e. The number of hydrogen-bond donors (Lipinski definition) is 2. The number of nitrogens with zero attached hydrogens (tertiary/aromatic N) is 1. The van der Waals surface area contributed by atoms with Gasteiger partial charge in [-0.3, -0.25) is 4.79 Å². The van der Waals surface area contributed by atoms with E-state index in [1.165, 1.54) is 23.5 Å². The largest absolute Gasteiger partial charge is 0.410 e. The van der Waals surface area contributed by atoms with Gasteiger partial charge in [0.2, 0.25) is 5.91 Å². The van der Waals surface area contributed by atoms with Crippen LogP contribution in [0.15, 0.2) is 5.16 Å². The molecule has 96 valence electrons. The van der Waals surface area contributed by atoms with Crippen LogP contribution in [0.25, 0.3) is 0 Å². The molecule has 0 aliphatic heterocycles. The Kier molecular flexibility index (Phi) is 7.16. The fraction of sp³-hybridized carbons (Fsp3) is 0.636. The Morgan fingerprint density at radius 3 is 2.53 bits per heavy atom. The number of carbonyl (C=O) groups excluding carboxylic acids is 1. The molecule has 0 bridgehead atoms. The Labute approximate surface area is 111 Å². The molecule has 17 heavy (non-hydrogen) atoms. The second-order valence-electron chi connectivity index (χ2n) is 4.38. The predicted octanol–water partition coefficient (Wildman–Crippen LogP) is 2.20. The maximum Gasteiger partial charge on any atom is 0.230 e. The van der Waals surface area contributed by atoms with Gasteiger partial charge in [0.1, 0.15) is 5.04 Å². The van der Waals surface area contributed by atoms with E-state index >= 15 is 0 Å². The van der Waals surface area contributed by atoms with Crippen molar-refractivity contribution in [3.63, 3.8) is 0 Å². The predicted molar refractivity (Wildman–Crippen MR) is 75.1 cm³/mol. The average Bonchev–Trinajstić information content (AvgIpc) is 2.25. The van der Waals surface area contributed by atoms with Crippen molar-refractivity contribution in [2.75, 3.05) is 12.1 Å². The number of amides is 1. The maximum absolute atomic E-state index is 11.8. The van der Waals surface area contributed by atoms with E-state index in [0.717, 1.165) is 0 Å². The van der Waals surface area contributed by atoms with Gasteiger partial charge >= 0.3 is 0 Å². The van der Waals surface area contributed by atoms with Crippen molar-refractivity contribution in [3.05, 3.63) is 0 Å². The molecule has 1 atom stereocenters. The summed E-state index contributed by atoms with van der Waals surface area (Å²) in [4.78, 5) is 11.8. The van der Waals surface area contributed by atoms with Crippen LogP contribution >= 0.6 is 23.5 Å². The van der Waals surface area contributed by atoms with Crippen LogP contribution in [0, 0.1) is 23.0 Å². The summed E-state index contributed by atoms with van der Waals surface area (Å²) in [7, 11) is 1.57. The van der Waals surface area contributed by atoms with Crippen LogP contribution < -0.4 is 5.32 Å². The Balaban J connectivity index is 4.90. The molecule has 0 saturated carbocycles. The molecule has 0 radical (unpaired) electrons. The molecule has 0 saturated heterocycles. The Hall–Kier alpha value is -0.800. The molecule has 0 rings (SSSR count). The molecule has 0 fully saturated rings. The van der Waals surface area contributed by atoms with Gasteiger partial charge in [-0.15, -0.1) is 6.42 Å². The SMILES string of the molecule is C#CSCS/C(=N\O)C(C(=O)NC)C(C)(C)C. The molecule has 0 heterocycles. The third-order valence-electron chi connectivity index (χ3n) is 2.07. The Bertz CT molecular complexity index is 329. The summed E-state index contributed by atoms with van der Waals surface area (Å²) >= 11 is 2.55. The van der Waals surface area contributed by atoms with E-state index < -0.39 is 5.92 Å². The standard InChI is InChI=1S/C11H18N2O2S2/c1-6-16-7-17-10(13-15)8(9(14)12-5)11(2,3)4/h1,8,15H,7H2,2-5H3,(H,12,14)/b13-10-. The molecule has 4 nitrogen and oxygen atoms in total. The van der Waals surface area contributed by atoms with Crippen LogP contribution in [0.1, 0.15) is 20.8 Å². The number of nitrogens with one attached hydrogen (secondary N) is 1. The van der Waals surface area contributed by atoms with Crippen molar-refractivity contribution in [1.29, 1.82) is 0 Å². The summed E-state index contributed by atoms with van der Waals surface area (Å²) in [6.07, 6.45) is 5.12. The average molecular weight is 274 g/mol. The van der Waals surface area contributed by atoms with Crippen molar-refractivity contribution in [1.82, 2.24) is 5.32 Å². The molecule has 0 aromatic rings. The number of hydrogen-bond acceptors (Lipinski definition) is 5. The number of thioether (sulfide) groups is 2. The van der Waals surface area contributed by atoms with Crippen LogP contribution in [0.3, 0.4) is 0 Å². The Morgan fingerprint density at radius 1 is 1.59 bits per heavy atom. The van der Waals surface area contributed by atoms with E-state index in [0.29, 0.717) is 10.1 Å². The van der Waals surface area contributed by atoms with Crippen LogP contribution in [0.2, 0.25) is 0 Å². The second-order valence-corrected chi connectivity index (χ2v) is 6.55. The van der Waals surface area contributed by atoms with E-state index in [1.54, 1.807) is 7.05 Å². The van der Waals surface area contributed by atoms with Crippen molar-refractivity contribution < 1.29 is 10.0 Å². The highest BCUT2D eigenvalue weighted by Crippen LogP contribution is 2.32. The van der Waals surface area contributed by atoms with Gasteiger partial charge in [-0.2, -0.15) is 0 Å². The first kappa shape index (κ1) is 16.2. The zero-order valence-corrected chi connectivity index (χ0v) is 12.1. The van der Waals surface area contributed by atoms with Gasteiger partial charge < -0.3 is 10.5 Å². The molecule has 0 spiro atoms. The molecular weight excluding hydrogens is 256 g/mol. The van der Waals surface area contributed by atoms with E-state index in [9.17, 15) is 4.79 Å². The minimum atomic E-state index is -0.485. The molecule has 0 aliphatic carbocycles. The van der Waals surface area contributed by atoms with Crippen LogP contribution in [-0.4, -0.2) is 28.3 Å². The highest BCUT2D eigenvalue weighted by Gasteiger charge is 2.35. The summed E-state index contributed by atoms with van der Waals surface area (Å²) < 4.78 is 0. The van der Waals surface area contributed by atoms with Gasteiger partial charge in [0.05, 0.1) is 11.0 Å². The second kappa shape index (κ2) is 7.51. The number of rotatable bonds is 4. The monoisotopic (exact) mass is 274 g/mol. The van der Waals surface area contributed by atoms with Gasteiger partial charge in [0.15, 0.2) is 0 Å². The highest BCUT2D eigenvalue weighted by atomic mass is 32.2. The number of oxime groups is 1. The van der Waals surface area contributed by atoms with E-state index in [1.807, 2.05) is 20.8 Å². The first-order valence-corrected chi connectivity index (χ1v) is 6.99. The lowest BCUT2D eigenvalue weighted by Crippen LogP contribution is -2.40. The molecule has 0 aliphatic rings. The summed E-state index contributed by atoms with van der Waals surface area (Å²) in [6.45, 7) is 5.77. The maximum atomic E-state index is 11.8. The zero-order chi connectivity index (χ0) is 13.5.